The minimum Gasteiger partial charge on any atom is -0.347 e. The lowest BCUT2D eigenvalue weighted by atomic mass is 10.1. The number of carbonyl (C=O) groups excluding carboxylic acids is 1. The molecule has 156 valence electrons. The molecule has 3 heterocycles. The molecule has 0 saturated carbocycles. The van der Waals surface area contributed by atoms with Gasteiger partial charge in [-0.15, -0.1) is 0 Å². The Morgan fingerprint density at radius 1 is 1.13 bits per heavy atom. The van der Waals surface area contributed by atoms with Gasteiger partial charge in [-0.05, 0) is 42.7 Å². The number of benzene rings is 1. The van der Waals surface area contributed by atoms with Crippen LogP contribution in [0.15, 0.2) is 42.6 Å². The van der Waals surface area contributed by atoms with Crippen LogP contribution in [0.5, 0.6) is 0 Å². The van der Waals surface area contributed by atoms with Gasteiger partial charge in [0.05, 0.1) is 11.3 Å². The molecule has 2 unspecified atom stereocenters. The summed E-state index contributed by atoms with van der Waals surface area (Å²) >= 11 is 0. The minimum atomic E-state index is -3.65. The Labute approximate surface area is 174 Å². The second kappa shape index (κ2) is 8.03. The number of nitriles is 1. The van der Waals surface area contributed by atoms with Crippen LogP contribution in [0.2, 0.25) is 0 Å². The zero-order valence-electron chi connectivity index (χ0n) is 16.2. The van der Waals surface area contributed by atoms with Gasteiger partial charge >= 0.3 is 0 Å². The van der Waals surface area contributed by atoms with Gasteiger partial charge in [-0.3, -0.25) is 4.79 Å². The van der Waals surface area contributed by atoms with E-state index in [1.54, 1.807) is 11.0 Å². The summed E-state index contributed by atoms with van der Waals surface area (Å²) in [4.78, 5) is 20.9. The third-order valence-electron chi connectivity index (χ3n) is 5.62. The Balaban J connectivity index is 1.40. The van der Waals surface area contributed by atoms with Crippen LogP contribution >= 0.6 is 0 Å². The molecule has 1 amide bonds. The summed E-state index contributed by atoms with van der Waals surface area (Å²) < 4.78 is 38.0. The first-order chi connectivity index (χ1) is 14.3. The molecule has 2 saturated heterocycles. The van der Waals surface area contributed by atoms with E-state index in [1.807, 2.05) is 12.1 Å². The summed E-state index contributed by atoms with van der Waals surface area (Å²) in [6.45, 7) is 0.895. The highest BCUT2D eigenvalue weighted by molar-refractivity contribution is 7.91. The number of anilines is 1. The molecule has 1 aromatic carbocycles. The molecule has 2 atom stereocenters. The second-order valence-electron chi connectivity index (χ2n) is 7.77. The number of fused-ring (bicyclic) bond motifs is 2. The molecule has 0 N–H and O–H groups in total. The van der Waals surface area contributed by atoms with E-state index in [2.05, 4.69) is 9.88 Å². The lowest BCUT2D eigenvalue weighted by Gasteiger charge is -2.41. The van der Waals surface area contributed by atoms with E-state index in [4.69, 9.17) is 5.26 Å². The van der Waals surface area contributed by atoms with E-state index in [9.17, 15) is 17.6 Å². The number of amides is 1. The number of hydrogen-bond acceptors (Lipinski definition) is 6. The van der Waals surface area contributed by atoms with Crippen molar-refractivity contribution in [3.63, 3.8) is 0 Å². The minimum absolute atomic E-state index is 0.0768. The number of carbonyl (C=O) groups is 1. The van der Waals surface area contributed by atoms with Gasteiger partial charge in [-0.25, -0.2) is 17.8 Å². The Kier molecular flexibility index (Phi) is 5.43. The fraction of sp³-hybridized carbons (Fsp3) is 0.381. The van der Waals surface area contributed by atoms with Crippen LogP contribution in [0.1, 0.15) is 24.0 Å². The van der Waals surface area contributed by atoms with Crippen molar-refractivity contribution in [3.05, 3.63) is 59.5 Å². The molecule has 0 spiro atoms. The molecule has 2 aromatic rings. The van der Waals surface area contributed by atoms with Crippen molar-refractivity contribution in [2.24, 2.45) is 0 Å². The fourth-order valence-corrected chi connectivity index (χ4v) is 5.61. The number of aromatic nitrogens is 1. The molecule has 2 fully saturated rings. The Hall–Kier alpha value is -2.99. The van der Waals surface area contributed by atoms with E-state index < -0.39 is 27.3 Å². The van der Waals surface area contributed by atoms with Gasteiger partial charge in [0.2, 0.25) is 5.91 Å². The molecule has 0 radical (unpaired) electrons. The fourth-order valence-electron chi connectivity index (χ4n) is 4.25. The number of piperazine rings is 1. The maximum atomic E-state index is 13.0. The average Bonchev–Trinajstić information content (AvgIpc) is 2.98. The standard InChI is InChI=1S/C21H21FN4O3S/c22-17-4-1-15(2-5-17)13-30(28,29)14-21(27)25-11-18-6-7-19(12-25)26(18)20-8-3-16(9-23)10-24-20/h1-5,8,10,18-19H,6-7,11-14H2. The number of sulfone groups is 1. The number of pyridine rings is 1. The van der Waals surface area contributed by atoms with Gasteiger partial charge in [0, 0.05) is 31.4 Å². The molecule has 2 aliphatic rings. The van der Waals surface area contributed by atoms with Gasteiger partial charge in [0.15, 0.2) is 9.84 Å². The van der Waals surface area contributed by atoms with Crippen LogP contribution < -0.4 is 4.90 Å². The van der Waals surface area contributed by atoms with Crippen molar-refractivity contribution in [1.82, 2.24) is 9.88 Å². The molecular weight excluding hydrogens is 407 g/mol. The van der Waals surface area contributed by atoms with E-state index in [0.29, 0.717) is 24.2 Å². The van der Waals surface area contributed by atoms with Gasteiger partial charge in [-0.2, -0.15) is 5.26 Å². The summed E-state index contributed by atoms with van der Waals surface area (Å²) in [6.07, 6.45) is 3.34. The van der Waals surface area contributed by atoms with E-state index in [0.717, 1.165) is 18.7 Å². The van der Waals surface area contributed by atoms with Gasteiger partial charge in [0.25, 0.3) is 0 Å². The molecule has 7 nitrogen and oxygen atoms in total. The third-order valence-corrected chi connectivity index (χ3v) is 7.08. The molecule has 0 aliphatic carbocycles. The first-order valence-corrected chi connectivity index (χ1v) is 11.5. The molecule has 2 bridgehead atoms. The van der Waals surface area contributed by atoms with Crippen LogP contribution in [-0.2, 0) is 20.4 Å². The maximum Gasteiger partial charge on any atom is 0.237 e. The van der Waals surface area contributed by atoms with Gasteiger partial charge in [0.1, 0.15) is 23.5 Å². The first kappa shape index (κ1) is 20.3. The topological polar surface area (TPSA) is 94.4 Å². The Morgan fingerprint density at radius 2 is 1.80 bits per heavy atom. The summed E-state index contributed by atoms with van der Waals surface area (Å²) in [5.41, 5.74) is 0.951. The number of likely N-dealkylation sites (tertiary alicyclic amines) is 1. The zero-order valence-corrected chi connectivity index (χ0v) is 17.1. The summed E-state index contributed by atoms with van der Waals surface area (Å²) in [5, 5.41) is 8.94. The van der Waals surface area contributed by atoms with Gasteiger partial charge < -0.3 is 9.80 Å². The van der Waals surface area contributed by atoms with Gasteiger partial charge in [-0.1, -0.05) is 12.1 Å². The smallest absolute Gasteiger partial charge is 0.237 e. The van der Waals surface area contributed by atoms with Crippen molar-refractivity contribution in [2.45, 2.75) is 30.7 Å². The van der Waals surface area contributed by atoms with Crippen molar-refractivity contribution in [1.29, 1.82) is 5.26 Å². The number of halogens is 1. The van der Waals surface area contributed by atoms with Crippen LogP contribution in [0, 0.1) is 17.1 Å². The summed E-state index contributed by atoms with van der Waals surface area (Å²) in [7, 11) is -3.65. The van der Waals surface area contributed by atoms with Crippen LogP contribution in [0.4, 0.5) is 10.2 Å². The Bertz CT molecular complexity index is 1070. The van der Waals surface area contributed by atoms with Crippen LogP contribution in [0.25, 0.3) is 0 Å². The molecule has 9 heteroatoms. The third kappa shape index (κ3) is 4.28. The monoisotopic (exact) mass is 428 g/mol. The van der Waals surface area contributed by atoms with E-state index in [1.165, 1.54) is 30.5 Å². The maximum absolute atomic E-state index is 13.0. The molecule has 4 rings (SSSR count). The SMILES string of the molecule is N#Cc1ccc(N2C3CCC2CN(C(=O)CS(=O)(=O)Cc2ccc(F)cc2)C3)nc1. The predicted octanol–water partition coefficient (Wildman–Crippen LogP) is 1.89. The highest BCUT2D eigenvalue weighted by atomic mass is 32.2. The number of nitrogens with zero attached hydrogens (tertiary/aromatic N) is 4. The lowest BCUT2D eigenvalue weighted by molar-refractivity contribution is -0.129. The highest BCUT2D eigenvalue weighted by Gasteiger charge is 2.42. The molecular formula is C21H21FN4O3S. The highest BCUT2D eigenvalue weighted by Crippen LogP contribution is 2.34. The van der Waals surface area contributed by atoms with Crippen molar-refractivity contribution >= 4 is 21.6 Å². The zero-order chi connectivity index (χ0) is 21.3. The largest absolute Gasteiger partial charge is 0.347 e. The Morgan fingerprint density at radius 3 is 2.37 bits per heavy atom. The van der Waals surface area contributed by atoms with E-state index in [-0.39, 0.29) is 17.8 Å². The normalized spacial score (nSPS) is 20.8. The van der Waals surface area contributed by atoms with Crippen LogP contribution in [-0.4, -0.2) is 55.1 Å². The second-order valence-corrected chi connectivity index (χ2v) is 9.83. The first-order valence-electron chi connectivity index (χ1n) is 9.72. The van der Waals surface area contributed by atoms with Crippen molar-refractivity contribution < 1.29 is 17.6 Å². The van der Waals surface area contributed by atoms with Crippen LogP contribution in [0.3, 0.4) is 0 Å². The quantitative estimate of drug-likeness (QED) is 0.722. The number of rotatable bonds is 5. The molecule has 1 aromatic heterocycles. The molecule has 2 aliphatic heterocycles. The summed E-state index contributed by atoms with van der Waals surface area (Å²) in [6, 6.07) is 11.0. The lowest BCUT2D eigenvalue weighted by Crippen LogP contribution is -2.56. The predicted molar refractivity (Wildman–Crippen MR) is 109 cm³/mol. The molecule has 30 heavy (non-hydrogen) atoms. The van der Waals surface area contributed by atoms with E-state index >= 15 is 0 Å². The summed E-state index contributed by atoms with van der Waals surface area (Å²) in [5.74, 6) is -0.906. The number of hydrogen-bond donors (Lipinski definition) is 0. The van der Waals surface area contributed by atoms with Crippen molar-refractivity contribution in [2.75, 3.05) is 23.7 Å². The van der Waals surface area contributed by atoms with Crippen molar-refractivity contribution in [3.8, 4) is 6.07 Å². The average molecular weight is 428 g/mol.